The molecule has 82 valence electrons. The minimum atomic E-state index is -1.16. The van der Waals surface area contributed by atoms with Crippen molar-refractivity contribution in [1.29, 1.82) is 0 Å². The minimum absolute atomic E-state index is 0.0569. The van der Waals surface area contributed by atoms with Crippen molar-refractivity contribution in [1.82, 2.24) is 9.72 Å². The van der Waals surface area contributed by atoms with Gasteiger partial charge in [0.25, 0.3) is 5.56 Å². The Labute approximate surface area is 89.7 Å². The number of nitrogens with zero attached hydrogens (tertiary/aromatic N) is 2. The molecule has 0 aliphatic carbocycles. The molecular formula is C10H8N2O4. The van der Waals surface area contributed by atoms with Crippen LogP contribution < -0.4 is 5.56 Å². The van der Waals surface area contributed by atoms with Gasteiger partial charge in [-0.25, -0.2) is 4.79 Å². The topological polar surface area (TPSA) is 85.3 Å². The summed E-state index contributed by atoms with van der Waals surface area (Å²) in [7, 11) is 0. The van der Waals surface area contributed by atoms with Crippen LogP contribution in [0.5, 0.6) is 0 Å². The molecule has 0 aromatic carbocycles. The Hall–Kier alpha value is -2.37. The first-order valence-corrected chi connectivity index (χ1v) is 4.51. The fourth-order valence-electron chi connectivity index (χ4n) is 1.35. The zero-order chi connectivity index (χ0) is 11.5. The molecule has 2 heterocycles. The SMILES string of the molecule is O=C(O)c1cccc(=O)n1Cc1ccno1. The van der Waals surface area contributed by atoms with Gasteiger partial charge in [-0.3, -0.25) is 9.36 Å². The van der Waals surface area contributed by atoms with Gasteiger partial charge < -0.3 is 9.63 Å². The Morgan fingerprint density at radius 3 is 2.88 bits per heavy atom. The lowest BCUT2D eigenvalue weighted by Crippen LogP contribution is -2.25. The number of rotatable bonds is 3. The van der Waals surface area contributed by atoms with E-state index in [9.17, 15) is 9.59 Å². The largest absolute Gasteiger partial charge is 0.477 e. The number of hydrogen-bond acceptors (Lipinski definition) is 4. The number of carboxylic acid groups (broad SMARTS) is 1. The van der Waals surface area contributed by atoms with Gasteiger partial charge in [0.15, 0.2) is 5.76 Å². The normalized spacial score (nSPS) is 10.2. The van der Waals surface area contributed by atoms with Gasteiger partial charge in [0.1, 0.15) is 5.69 Å². The Bertz CT molecular complexity index is 556. The maximum absolute atomic E-state index is 11.5. The summed E-state index contributed by atoms with van der Waals surface area (Å²) in [4.78, 5) is 22.4. The van der Waals surface area contributed by atoms with E-state index in [1.54, 1.807) is 6.07 Å². The molecule has 0 fully saturated rings. The first kappa shape index (κ1) is 10.2. The van der Waals surface area contributed by atoms with Crippen LogP contribution in [0.2, 0.25) is 0 Å². The third-order valence-electron chi connectivity index (χ3n) is 2.07. The third-order valence-corrected chi connectivity index (χ3v) is 2.07. The molecule has 0 saturated heterocycles. The molecule has 6 heteroatoms. The van der Waals surface area contributed by atoms with Gasteiger partial charge in [-0.15, -0.1) is 0 Å². The molecule has 0 atom stereocenters. The predicted octanol–water partition coefficient (Wildman–Crippen LogP) is 0.583. The molecule has 16 heavy (non-hydrogen) atoms. The lowest BCUT2D eigenvalue weighted by atomic mass is 10.3. The molecule has 0 saturated carbocycles. The smallest absolute Gasteiger partial charge is 0.352 e. The number of carboxylic acids is 1. The van der Waals surface area contributed by atoms with Gasteiger partial charge >= 0.3 is 5.97 Å². The second-order valence-corrected chi connectivity index (χ2v) is 3.12. The monoisotopic (exact) mass is 220 g/mol. The molecule has 0 spiro atoms. The predicted molar refractivity (Wildman–Crippen MR) is 53.3 cm³/mol. The van der Waals surface area contributed by atoms with Crippen molar-refractivity contribution < 1.29 is 14.4 Å². The van der Waals surface area contributed by atoms with E-state index < -0.39 is 11.5 Å². The van der Waals surface area contributed by atoms with Gasteiger partial charge in [-0.1, -0.05) is 11.2 Å². The zero-order valence-corrected chi connectivity index (χ0v) is 8.16. The molecular weight excluding hydrogens is 212 g/mol. The summed E-state index contributed by atoms with van der Waals surface area (Å²) in [6, 6.07) is 5.64. The fourth-order valence-corrected chi connectivity index (χ4v) is 1.35. The van der Waals surface area contributed by atoms with Crippen LogP contribution in [0.25, 0.3) is 0 Å². The zero-order valence-electron chi connectivity index (χ0n) is 8.16. The lowest BCUT2D eigenvalue weighted by Gasteiger charge is -2.06. The van der Waals surface area contributed by atoms with E-state index >= 15 is 0 Å². The highest BCUT2D eigenvalue weighted by atomic mass is 16.5. The molecule has 0 bridgehead atoms. The maximum atomic E-state index is 11.5. The van der Waals surface area contributed by atoms with Crippen molar-refractivity contribution in [3.8, 4) is 0 Å². The number of carbonyl (C=O) groups is 1. The molecule has 0 unspecified atom stereocenters. The van der Waals surface area contributed by atoms with E-state index in [1.165, 1.54) is 24.4 Å². The average Bonchev–Trinajstić information content (AvgIpc) is 2.73. The van der Waals surface area contributed by atoms with Crippen molar-refractivity contribution in [3.63, 3.8) is 0 Å². The Morgan fingerprint density at radius 1 is 1.44 bits per heavy atom. The summed E-state index contributed by atoms with van der Waals surface area (Å²) >= 11 is 0. The van der Waals surface area contributed by atoms with Gasteiger partial charge in [0, 0.05) is 12.1 Å². The summed E-state index contributed by atoms with van der Waals surface area (Å²) in [5, 5.41) is 12.4. The minimum Gasteiger partial charge on any atom is -0.477 e. The third kappa shape index (κ3) is 1.85. The number of pyridine rings is 1. The van der Waals surface area contributed by atoms with E-state index in [0.29, 0.717) is 5.76 Å². The number of hydrogen-bond donors (Lipinski definition) is 1. The van der Waals surface area contributed by atoms with Crippen molar-refractivity contribution >= 4 is 5.97 Å². The highest BCUT2D eigenvalue weighted by Gasteiger charge is 2.11. The van der Waals surface area contributed by atoms with Crippen molar-refractivity contribution in [2.24, 2.45) is 0 Å². The number of aromatic carboxylic acids is 1. The highest BCUT2D eigenvalue weighted by molar-refractivity contribution is 5.85. The second-order valence-electron chi connectivity index (χ2n) is 3.12. The Balaban J connectivity index is 2.46. The average molecular weight is 220 g/mol. The fraction of sp³-hybridized carbons (Fsp3) is 0.100. The van der Waals surface area contributed by atoms with Gasteiger partial charge in [0.2, 0.25) is 0 Å². The summed E-state index contributed by atoms with van der Waals surface area (Å²) in [6.45, 7) is 0.0569. The summed E-state index contributed by atoms with van der Waals surface area (Å²) in [6.07, 6.45) is 1.43. The first-order valence-electron chi connectivity index (χ1n) is 4.51. The van der Waals surface area contributed by atoms with Crippen LogP contribution in [0.1, 0.15) is 16.2 Å². The molecule has 0 aliphatic heterocycles. The van der Waals surface area contributed by atoms with Crippen molar-refractivity contribution in [3.05, 3.63) is 52.3 Å². The summed E-state index contributed by atoms with van der Waals surface area (Å²) < 4.78 is 5.94. The molecule has 2 rings (SSSR count). The molecule has 0 amide bonds. The van der Waals surface area contributed by atoms with Gasteiger partial charge in [-0.05, 0) is 6.07 Å². The van der Waals surface area contributed by atoms with Gasteiger partial charge in [-0.2, -0.15) is 0 Å². The van der Waals surface area contributed by atoms with Crippen LogP contribution in [0.4, 0.5) is 0 Å². The summed E-state index contributed by atoms with van der Waals surface area (Å²) in [5.74, 6) is -0.729. The number of aromatic nitrogens is 2. The van der Waals surface area contributed by atoms with E-state index in [4.69, 9.17) is 9.63 Å². The van der Waals surface area contributed by atoms with E-state index in [0.717, 1.165) is 4.57 Å². The van der Waals surface area contributed by atoms with Gasteiger partial charge in [0.05, 0.1) is 12.7 Å². The van der Waals surface area contributed by atoms with Crippen LogP contribution in [-0.4, -0.2) is 20.8 Å². The Kier molecular flexibility index (Phi) is 2.55. The van der Waals surface area contributed by atoms with Crippen LogP contribution >= 0.6 is 0 Å². The van der Waals surface area contributed by atoms with Crippen molar-refractivity contribution in [2.45, 2.75) is 6.54 Å². The van der Waals surface area contributed by atoms with Crippen LogP contribution in [0.3, 0.4) is 0 Å². The van der Waals surface area contributed by atoms with E-state index in [-0.39, 0.29) is 12.2 Å². The molecule has 1 N–H and O–H groups in total. The standard InChI is InChI=1S/C10H8N2O4/c13-9-3-1-2-8(10(14)15)12(9)6-7-4-5-11-16-7/h1-5H,6H2,(H,14,15). The maximum Gasteiger partial charge on any atom is 0.352 e. The van der Waals surface area contributed by atoms with Crippen LogP contribution in [0.15, 0.2) is 39.8 Å². The Morgan fingerprint density at radius 2 is 2.25 bits per heavy atom. The van der Waals surface area contributed by atoms with Crippen LogP contribution in [-0.2, 0) is 6.54 Å². The molecule has 0 radical (unpaired) electrons. The van der Waals surface area contributed by atoms with E-state index in [1.807, 2.05) is 0 Å². The highest BCUT2D eigenvalue weighted by Crippen LogP contribution is 2.03. The molecule has 2 aromatic heterocycles. The van der Waals surface area contributed by atoms with Crippen molar-refractivity contribution in [2.75, 3.05) is 0 Å². The summed E-state index contributed by atoms with van der Waals surface area (Å²) in [5.41, 5.74) is -0.472. The van der Waals surface area contributed by atoms with E-state index in [2.05, 4.69) is 5.16 Å². The molecule has 0 aliphatic rings. The lowest BCUT2D eigenvalue weighted by molar-refractivity contribution is 0.0683. The second kappa shape index (κ2) is 4.01. The van der Waals surface area contributed by atoms with Crippen LogP contribution in [0, 0.1) is 0 Å². The quantitative estimate of drug-likeness (QED) is 0.817. The first-order chi connectivity index (χ1) is 7.68. The molecule has 6 nitrogen and oxygen atoms in total. The molecule has 2 aromatic rings.